The van der Waals surface area contributed by atoms with Gasteiger partial charge in [0.2, 0.25) is 5.88 Å². The van der Waals surface area contributed by atoms with Crippen molar-refractivity contribution in [1.82, 2.24) is 9.88 Å². The zero-order chi connectivity index (χ0) is 12.4. The predicted molar refractivity (Wildman–Crippen MR) is 71.6 cm³/mol. The summed E-state index contributed by atoms with van der Waals surface area (Å²) in [6.45, 7) is 5.30. The van der Waals surface area contributed by atoms with Crippen LogP contribution in [0.25, 0.3) is 0 Å². The number of rotatable bonds is 2. The third kappa shape index (κ3) is 2.44. The maximum Gasteiger partial charge on any atom is 0.239 e. The van der Waals surface area contributed by atoms with Crippen molar-refractivity contribution in [2.45, 2.75) is 13.0 Å². The first-order valence-corrected chi connectivity index (χ1v) is 5.87. The summed E-state index contributed by atoms with van der Waals surface area (Å²) in [5.41, 5.74) is 6.70. The monoisotopic (exact) mass is 238 g/mol. The van der Waals surface area contributed by atoms with Gasteiger partial charge in [-0.3, -0.25) is 0 Å². The van der Waals surface area contributed by atoms with Crippen LogP contribution >= 0.6 is 0 Å². The van der Waals surface area contributed by atoms with Gasteiger partial charge in [-0.2, -0.15) is 4.98 Å². The summed E-state index contributed by atoms with van der Waals surface area (Å²) in [7, 11) is 3.78. The Morgan fingerprint density at radius 1 is 1.47 bits per heavy atom. The summed E-state index contributed by atoms with van der Waals surface area (Å²) in [6.07, 6.45) is 0. The molecule has 5 heteroatoms. The fraction of sp³-hybridized carbons (Fsp3) is 0.583. The van der Waals surface area contributed by atoms with Gasteiger partial charge in [0, 0.05) is 27.1 Å². The molecular weight excluding hydrogens is 216 g/mol. The smallest absolute Gasteiger partial charge is 0.239 e. The Balaban J connectivity index is 0.00000162. The molecule has 2 rings (SSSR count). The minimum Gasteiger partial charge on any atom is -0.479 e. The second kappa shape index (κ2) is 4.79. The zero-order valence-electron chi connectivity index (χ0n) is 10.7. The van der Waals surface area contributed by atoms with Crippen LogP contribution in [0.4, 0.5) is 11.5 Å². The van der Waals surface area contributed by atoms with Gasteiger partial charge in [-0.1, -0.05) is 0 Å². The Morgan fingerprint density at radius 3 is 2.88 bits per heavy atom. The van der Waals surface area contributed by atoms with Crippen LogP contribution in [0.5, 0.6) is 5.88 Å². The first-order valence-electron chi connectivity index (χ1n) is 5.87. The van der Waals surface area contributed by atoms with E-state index in [-0.39, 0.29) is 1.43 Å². The number of pyridine rings is 1. The Hall–Kier alpha value is -1.49. The molecule has 0 unspecified atom stereocenters. The summed E-state index contributed by atoms with van der Waals surface area (Å²) in [5, 5.41) is 0. The molecule has 0 spiro atoms. The summed E-state index contributed by atoms with van der Waals surface area (Å²) in [6, 6.07) is 4.26. The molecule has 0 aromatic carbocycles. The highest BCUT2D eigenvalue weighted by Crippen LogP contribution is 2.29. The topological polar surface area (TPSA) is 54.6 Å². The summed E-state index contributed by atoms with van der Waals surface area (Å²) >= 11 is 0. The molecular formula is C12H22N4O. The number of nitrogens with two attached hydrogens (primary N) is 1. The molecule has 1 aliphatic heterocycles. The number of likely N-dealkylation sites (N-methyl/N-ethyl adjacent to an activating group) is 1. The van der Waals surface area contributed by atoms with E-state index >= 15 is 0 Å². The highest BCUT2D eigenvalue weighted by Gasteiger charge is 2.24. The first kappa shape index (κ1) is 12.0. The van der Waals surface area contributed by atoms with Gasteiger partial charge in [0.05, 0.1) is 7.11 Å². The van der Waals surface area contributed by atoms with E-state index in [1.807, 2.05) is 12.1 Å². The molecule has 96 valence electrons. The van der Waals surface area contributed by atoms with Crippen molar-refractivity contribution < 1.29 is 6.16 Å². The quantitative estimate of drug-likeness (QED) is 0.835. The molecule has 2 heterocycles. The Bertz CT molecular complexity index is 402. The average Bonchev–Trinajstić information content (AvgIpc) is 2.30. The molecule has 0 aliphatic carbocycles. The van der Waals surface area contributed by atoms with Crippen molar-refractivity contribution in [3.63, 3.8) is 0 Å². The van der Waals surface area contributed by atoms with Crippen LogP contribution in [0.2, 0.25) is 0 Å². The van der Waals surface area contributed by atoms with Gasteiger partial charge in [-0.25, -0.2) is 0 Å². The Morgan fingerprint density at radius 2 is 2.24 bits per heavy atom. The van der Waals surface area contributed by atoms with Gasteiger partial charge in [-0.05, 0) is 26.1 Å². The third-order valence-electron chi connectivity index (χ3n) is 3.20. The van der Waals surface area contributed by atoms with Crippen molar-refractivity contribution in [2.24, 2.45) is 0 Å². The van der Waals surface area contributed by atoms with Crippen LogP contribution in [0.1, 0.15) is 8.35 Å². The normalized spacial score (nSPS) is 21.6. The lowest BCUT2D eigenvalue weighted by Gasteiger charge is -2.39. The van der Waals surface area contributed by atoms with Crippen LogP contribution in [0.3, 0.4) is 0 Å². The van der Waals surface area contributed by atoms with Crippen molar-refractivity contribution >= 4 is 11.5 Å². The minimum absolute atomic E-state index is 0. The number of hydrogen-bond donors (Lipinski definition) is 1. The van der Waals surface area contributed by atoms with Crippen molar-refractivity contribution in [3.05, 3.63) is 12.1 Å². The Kier molecular flexibility index (Phi) is 3.38. The molecule has 1 atom stereocenters. The second-order valence-corrected chi connectivity index (χ2v) is 4.57. The molecule has 17 heavy (non-hydrogen) atoms. The number of anilines is 2. The van der Waals surface area contributed by atoms with E-state index in [2.05, 4.69) is 28.8 Å². The summed E-state index contributed by atoms with van der Waals surface area (Å²) < 4.78 is 5.31. The summed E-state index contributed by atoms with van der Waals surface area (Å²) in [5.74, 6) is 1.11. The fourth-order valence-corrected chi connectivity index (χ4v) is 2.31. The molecule has 1 saturated heterocycles. The maximum atomic E-state index is 5.67. The van der Waals surface area contributed by atoms with Gasteiger partial charge in [0.25, 0.3) is 0 Å². The number of nitrogens with zero attached hydrogens (tertiary/aromatic N) is 3. The van der Waals surface area contributed by atoms with Crippen LogP contribution in [-0.4, -0.2) is 49.7 Å². The van der Waals surface area contributed by atoms with E-state index in [0.717, 1.165) is 25.3 Å². The highest BCUT2D eigenvalue weighted by atomic mass is 16.5. The van der Waals surface area contributed by atoms with Gasteiger partial charge >= 0.3 is 0 Å². The molecule has 5 nitrogen and oxygen atoms in total. The lowest BCUT2D eigenvalue weighted by molar-refractivity contribution is 0.273. The highest BCUT2D eigenvalue weighted by molar-refractivity contribution is 5.59. The SMILES string of the molecule is COc1nc(N)ccc1N1CCN(C)C[C@H]1C.[HH]. The molecule has 2 N–H and O–H groups in total. The van der Waals surface area contributed by atoms with E-state index in [9.17, 15) is 0 Å². The summed E-state index contributed by atoms with van der Waals surface area (Å²) in [4.78, 5) is 8.88. The first-order chi connectivity index (χ1) is 8.11. The zero-order valence-corrected chi connectivity index (χ0v) is 10.7. The number of hydrogen-bond acceptors (Lipinski definition) is 5. The molecule has 1 aliphatic rings. The number of aromatic nitrogens is 1. The van der Waals surface area contributed by atoms with E-state index in [1.54, 1.807) is 7.11 Å². The van der Waals surface area contributed by atoms with Crippen LogP contribution < -0.4 is 15.4 Å². The largest absolute Gasteiger partial charge is 0.479 e. The van der Waals surface area contributed by atoms with Crippen LogP contribution in [0.15, 0.2) is 12.1 Å². The van der Waals surface area contributed by atoms with Crippen molar-refractivity contribution in [3.8, 4) is 5.88 Å². The minimum atomic E-state index is 0. The molecule has 0 radical (unpaired) electrons. The number of piperazine rings is 1. The lowest BCUT2D eigenvalue weighted by atomic mass is 10.2. The van der Waals surface area contributed by atoms with E-state index in [1.165, 1.54) is 0 Å². The van der Waals surface area contributed by atoms with Gasteiger partial charge in [0.15, 0.2) is 0 Å². The van der Waals surface area contributed by atoms with Gasteiger partial charge < -0.3 is 20.3 Å². The van der Waals surface area contributed by atoms with Crippen LogP contribution in [-0.2, 0) is 0 Å². The molecule has 0 saturated carbocycles. The Labute approximate surface area is 104 Å². The second-order valence-electron chi connectivity index (χ2n) is 4.57. The van der Waals surface area contributed by atoms with E-state index in [0.29, 0.717) is 17.7 Å². The average molecular weight is 238 g/mol. The van der Waals surface area contributed by atoms with Gasteiger partial charge in [0.1, 0.15) is 11.5 Å². The van der Waals surface area contributed by atoms with E-state index in [4.69, 9.17) is 10.5 Å². The number of ether oxygens (including phenoxy) is 1. The molecule has 1 aromatic heterocycles. The van der Waals surface area contributed by atoms with Gasteiger partial charge in [-0.15, -0.1) is 0 Å². The van der Waals surface area contributed by atoms with Crippen LogP contribution in [0, 0.1) is 0 Å². The predicted octanol–water partition coefficient (Wildman–Crippen LogP) is 1.06. The third-order valence-corrected chi connectivity index (χ3v) is 3.20. The number of methoxy groups -OCH3 is 1. The lowest BCUT2D eigenvalue weighted by Crippen LogP contribution is -2.50. The van der Waals surface area contributed by atoms with Crippen molar-refractivity contribution in [1.29, 1.82) is 0 Å². The van der Waals surface area contributed by atoms with Crippen molar-refractivity contribution in [2.75, 3.05) is 44.4 Å². The fourth-order valence-electron chi connectivity index (χ4n) is 2.31. The standard InChI is InChI=1S/C12H20N4O.H2/c1-9-8-15(2)6-7-16(9)10-4-5-11(13)14-12(10)17-3;/h4-5,9H,6-8H2,1-3H3,(H2,13,14);1H/t9-;/m1./s1. The molecule has 1 aromatic rings. The molecule has 1 fully saturated rings. The van der Waals surface area contributed by atoms with E-state index < -0.39 is 0 Å². The number of nitrogen functional groups attached to an aromatic ring is 1. The molecule has 0 bridgehead atoms. The molecule has 0 amide bonds. The maximum absolute atomic E-state index is 5.67.